The molecule has 1 amide bonds. The van der Waals surface area contributed by atoms with Gasteiger partial charge in [-0.2, -0.15) is 0 Å². The van der Waals surface area contributed by atoms with E-state index < -0.39 is 0 Å². The van der Waals surface area contributed by atoms with E-state index in [-0.39, 0.29) is 18.1 Å². The van der Waals surface area contributed by atoms with Crippen molar-refractivity contribution in [3.05, 3.63) is 71.2 Å². The lowest BCUT2D eigenvalue weighted by atomic mass is 10.2. The molecule has 116 valence electrons. The molecule has 0 spiro atoms. The van der Waals surface area contributed by atoms with Crippen LogP contribution in [0.2, 0.25) is 0 Å². The average molecular weight is 327 g/mol. The molecule has 2 heterocycles. The third-order valence-electron chi connectivity index (χ3n) is 3.19. The van der Waals surface area contributed by atoms with Gasteiger partial charge in [0, 0.05) is 22.8 Å². The highest BCUT2D eigenvalue weighted by Crippen LogP contribution is 2.27. The number of carbonyl (C=O) groups is 1. The molecule has 23 heavy (non-hydrogen) atoms. The van der Waals surface area contributed by atoms with Gasteiger partial charge in [0.1, 0.15) is 10.8 Å². The second kappa shape index (κ2) is 7.11. The van der Waals surface area contributed by atoms with Crippen molar-refractivity contribution in [2.24, 2.45) is 0 Å². The Morgan fingerprint density at radius 1 is 1.13 bits per heavy atom. The summed E-state index contributed by atoms with van der Waals surface area (Å²) >= 11 is 1.32. The van der Waals surface area contributed by atoms with E-state index in [2.05, 4.69) is 15.3 Å². The zero-order valence-electron chi connectivity index (χ0n) is 12.2. The first-order valence-electron chi connectivity index (χ1n) is 7.08. The Bertz CT molecular complexity index is 804. The Balaban J connectivity index is 1.61. The number of halogens is 1. The van der Waals surface area contributed by atoms with Gasteiger partial charge in [-0.1, -0.05) is 18.2 Å². The Labute approximate surface area is 137 Å². The molecule has 0 atom stereocenters. The minimum Gasteiger partial charge on any atom is -0.350 e. The van der Waals surface area contributed by atoms with Crippen molar-refractivity contribution in [1.29, 1.82) is 0 Å². The lowest BCUT2D eigenvalue weighted by Gasteiger charge is -2.03. The topological polar surface area (TPSA) is 54.9 Å². The summed E-state index contributed by atoms with van der Waals surface area (Å²) in [6.45, 7) is 0.388. The number of aromatic nitrogens is 2. The summed E-state index contributed by atoms with van der Waals surface area (Å²) < 4.78 is 13.7. The average Bonchev–Trinajstić information content (AvgIpc) is 3.02. The van der Waals surface area contributed by atoms with Gasteiger partial charge in [-0.15, -0.1) is 11.3 Å². The number of pyridine rings is 1. The van der Waals surface area contributed by atoms with Crippen LogP contribution in [0.15, 0.2) is 54.9 Å². The molecule has 0 fully saturated rings. The minimum atomic E-state index is -0.312. The molecule has 0 radical (unpaired) electrons. The summed E-state index contributed by atoms with van der Waals surface area (Å²) in [5, 5.41) is 3.39. The largest absolute Gasteiger partial charge is 0.350 e. The number of hydrogen-bond donors (Lipinski definition) is 1. The van der Waals surface area contributed by atoms with Gasteiger partial charge in [-0.05, 0) is 24.3 Å². The van der Waals surface area contributed by atoms with Crippen LogP contribution in [0.4, 0.5) is 4.39 Å². The molecule has 4 nitrogen and oxygen atoms in total. The zero-order chi connectivity index (χ0) is 16.1. The smallest absolute Gasteiger partial charge is 0.225 e. The molecule has 0 unspecified atom stereocenters. The van der Waals surface area contributed by atoms with Crippen LogP contribution in [-0.2, 0) is 17.8 Å². The maximum absolute atomic E-state index is 13.7. The first-order valence-corrected chi connectivity index (χ1v) is 7.90. The maximum Gasteiger partial charge on any atom is 0.225 e. The van der Waals surface area contributed by atoms with Gasteiger partial charge < -0.3 is 5.32 Å². The van der Waals surface area contributed by atoms with Crippen molar-refractivity contribution in [2.45, 2.75) is 13.0 Å². The van der Waals surface area contributed by atoms with E-state index in [0.29, 0.717) is 17.1 Å². The molecule has 2 aromatic heterocycles. The van der Waals surface area contributed by atoms with Gasteiger partial charge in [0.05, 0.1) is 18.7 Å². The van der Waals surface area contributed by atoms with E-state index in [4.69, 9.17) is 0 Å². The van der Waals surface area contributed by atoms with E-state index in [1.807, 2.05) is 18.2 Å². The van der Waals surface area contributed by atoms with Crippen molar-refractivity contribution in [3.8, 4) is 10.6 Å². The summed E-state index contributed by atoms with van der Waals surface area (Å²) in [5.74, 6) is -0.424. The summed E-state index contributed by atoms with van der Waals surface area (Å²) in [6, 6.07) is 12.0. The van der Waals surface area contributed by atoms with E-state index >= 15 is 0 Å². The van der Waals surface area contributed by atoms with Crippen LogP contribution < -0.4 is 5.32 Å². The Morgan fingerprint density at radius 3 is 2.74 bits per heavy atom. The second-order valence-corrected chi connectivity index (χ2v) is 6.00. The number of amides is 1. The molecule has 0 bridgehead atoms. The SMILES string of the molecule is O=C(Cc1cnc(-c2ccccc2F)s1)NCc1ccccn1. The van der Waals surface area contributed by atoms with Crippen molar-refractivity contribution in [2.75, 3.05) is 0 Å². The molecule has 1 N–H and O–H groups in total. The number of carbonyl (C=O) groups excluding carboxylic acids is 1. The van der Waals surface area contributed by atoms with Crippen LogP contribution in [0.3, 0.4) is 0 Å². The fraction of sp³-hybridized carbons (Fsp3) is 0.118. The summed E-state index contributed by atoms with van der Waals surface area (Å²) in [7, 11) is 0. The number of thiazole rings is 1. The van der Waals surface area contributed by atoms with Crippen molar-refractivity contribution < 1.29 is 9.18 Å². The lowest BCUT2D eigenvalue weighted by Crippen LogP contribution is -2.24. The monoisotopic (exact) mass is 327 g/mol. The lowest BCUT2D eigenvalue weighted by molar-refractivity contribution is -0.120. The Hall–Kier alpha value is -2.60. The summed E-state index contributed by atoms with van der Waals surface area (Å²) in [6.07, 6.45) is 3.52. The van der Waals surface area contributed by atoms with Crippen molar-refractivity contribution in [1.82, 2.24) is 15.3 Å². The molecule has 6 heteroatoms. The van der Waals surface area contributed by atoms with Gasteiger partial charge in [-0.3, -0.25) is 9.78 Å². The van der Waals surface area contributed by atoms with E-state index in [1.54, 1.807) is 30.6 Å². The van der Waals surface area contributed by atoms with Gasteiger partial charge in [0.15, 0.2) is 0 Å². The van der Waals surface area contributed by atoms with E-state index in [1.165, 1.54) is 17.4 Å². The summed E-state index contributed by atoms with van der Waals surface area (Å²) in [4.78, 5) is 21.1. The first-order chi connectivity index (χ1) is 11.2. The summed E-state index contributed by atoms with van der Waals surface area (Å²) in [5.41, 5.74) is 1.26. The van der Waals surface area contributed by atoms with Gasteiger partial charge in [0.25, 0.3) is 0 Å². The number of rotatable bonds is 5. The van der Waals surface area contributed by atoms with Crippen LogP contribution in [-0.4, -0.2) is 15.9 Å². The molecule has 1 aromatic carbocycles. The molecule has 0 saturated carbocycles. The third kappa shape index (κ3) is 3.98. The highest BCUT2D eigenvalue weighted by atomic mass is 32.1. The van der Waals surface area contributed by atoms with Crippen LogP contribution in [0.1, 0.15) is 10.6 Å². The van der Waals surface area contributed by atoms with Gasteiger partial charge >= 0.3 is 0 Å². The number of nitrogens with one attached hydrogen (secondary N) is 1. The third-order valence-corrected chi connectivity index (χ3v) is 4.22. The van der Waals surface area contributed by atoms with Crippen LogP contribution >= 0.6 is 11.3 Å². The van der Waals surface area contributed by atoms with Crippen LogP contribution in [0, 0.1) is 5.82 Å². The Kier molecular flexibility index (Phi) is 4.73. The molecule has 3 rings (SSSR count). The molecular weight excluding hydrogens is 313 g/mol. The molecule has 0 aliphatic rings. The van der Waals surface area contributed by atoms with Crippen molar-refractivity contribution in [3.63, 3.8) is 0 Å². The highest BCUT2D eigenvalue weighted by molar-refractivity contribution is 7.15. The number of nitrogens with zero attached hydrogens (tertiary/aromatic N) is 2. The minimum absolute atomic E-state index is 0.112. The standard InChI is InChI=1S/C17H14FN3OS/c18-15-7-2-1-6-14(15)17-21-11-13(23-17)9-16(22)20-10-12-5-3-4-8-19-12/h1-8,11H,9-10H2,(H,20,22). The molecule has 0 saturated heterocycles. The molecule has 0 aliphatic heterocycles. The van der Waals surface area contributed by atoms with Crippen LogP contribution in [0.5, 0.6) is 0 Å². The molecule has 0 aliphatic carbocycles. The predicted octanol–water partition coefficient (Wildman–Crippen LogP) is 3.20. The quantitative estimate of drug-likeness (QED) is 0.783. The van der Waals surface area contributed by atoms with Gasteiger partial charge in [-0.25, -0.2) is 9.37 Å². The van der Waals surface area contributed by atoms with E-state index in [9.17, 15) is 9.18 Å². The number of hydrogen-bond acceptors (Lipinski definition) is 4. The normalized spacial score (nSPS) is 10.5. The first kappa shape index (κ1) is 15.3. The van der Waals surface area contributed by atoms with E-state index in [0.717, 1.165) is 10.6 Å². The fourth-order valence-electron chi connectivity index (χ4n) is 2.06. The van der Waals surface area contributed by atoms with Gasteiger partial charge in [0.2, 0.25) is 5.91 Å². The Morgan fingerprint density at radius 2 is 1.96 bits per heavy atom. The maximum atomic E-state index is 13.7. The van der Waals surface area contributed by atoms with Crippen molar-refractivity contribution >= 4 is 17.2 Å². The second-order valence-electron chi connectivity index (χ2n) is 4.89. The highest BCUT2D eigenvalue weighted by Gasteiger charge is 2.11. The van der Waals surface area contributed by atoms with Crippen LogP contribution in [0.25, 0.3) is 10.6 Å². The molecular formula is C17H14FN3OS. The number of benzene rings is 1. The fourth-order valence-corrected chi connectivity index (χ4v) is 3.00. The molecule has 3 aromatic rings. The predicted molar refractivity (Wildman–Crippen MR) is 87.3 cm³/mol. The zero-order valence-corrected chi connectivity index (χ0v) is 13.0.